The number of rotatable bonds is 4. The van der Waals surface area contributed by atoms with Gasteiger partial charge in [-0.05, 0) is 48.8 Å². The molecule has 1 fully saturated rings. The zero-order valence-electron chi connectivity index (χ0n) is 12.4. The molecule has 118 valence electrons. The van der Waals surface area contributed by atoms with Crippen LogP contribution in [0.15, 0.2) is 18.2 Å². The van der Waals surface area contributed by atoms with E-state index in [2.05, 4.69) is 0 Å². The highest BCUT2D eigenvalue weighted by atomic mass is 32.2. The van der Waals surface area contributed by atoms with Crippen LogP contribution in [0.25, 0.3) is 0 Å². The Bertz CT molecular complexity index is 575. The fourth-order valence-corrected chi connectivity index (χ4v) is 4.11. The number of piperidine rings is 1. The van der Waals surface area contributed by atoms with Crippen LogP contribution < -0.4 is 0 Å². The second-order valence-electron chi connectivity index (χ2n) is 5.72. The van der Waals surface area contributed by atoms with E-state index in [0.717, 1.165) is 25.3 Å². The SMILES string of the molecule is CC[C@@H](c1cc(F)cc(F)c1)C1CCN(S(C)(=O)=O)CC1. The van der Waals surface area contributed by atoms with E-state index in [-0.39, 0.29) is 11.8 Å². The predicted molar refractivity (Wildman–Crippen MR) is 78.5 cm³/mol. The molecule has 1 aliphatic heterocycles. The third kappa shape index (κ3) is 4.01. The third-order valence-corrected chi connectivity index (χ3v) is 5.59. The average Bonchev–Trinajstić information content (AvgIpc) is 2.38. The number of sulfonamides is 1. The van der Waals surface area contributed by atoms with Crippen LogP contribution >= 0.6 is 0 Å². The van der Waals surface area contributed by atoms with E-state index >= 15 is 0 Å². The second kappa shape index (κ2) is 6.40. The molecule has 0 amide bonds. The zero-order chi connectivity index (χ0) is 15.6. The quantitative estimate of drug-likeness (QED) is 0.855. The lowest BCUT2D eigenvalue weighted by Gasteiger charge is -2.34. The third-order valence-electron chi connectivity index (χ3n) is 4.29. The van der Waals surface area contributed by atoms with E-state index in [9.17, 15) is 17.2 Å². The van der Waals surface area contributed by atoms with E-state index in [1.165, 1.54) is 22.7 Å². The first-order valence-corrected chi connectivity index (χ1v) is 9.07. The molecule has 1 heterocycles. The Hall–Kier alpha value is -1.01. The van der Waals surface area contributed by atoms with Crippen molar-refractivity contribution >= 4 is 10.0 Å². The maximum Gasteiger partial charge on any atom is 0.211 e. The first-order valence-electron chi connectivity index (χ1n) is 7.22. The van der Waals surface area contributed by atoms with Gasteiger partial charge >= 0.3 is 0 Å². The Kier molecular flexibility index (Phi) is 4.99. The normalized spacial score (nSPS) is 19.6. The molecular weight excluding hydrogens is 296 g/mol. The summed E-state index contributed by atoms with van der Waals surface area (Å²) < 4.78 is 51.3. The minimum atomic E-state index is -3.15. The highest BCUT2D eigenvalue weighted by molar-refractivity contribution is 7.88. The van der Waals surface area contributed by atoms with Gasteiger partial charge in [0, 0.05) is 19.2 Å². The molecular formula is C15H21F2NO2S. The number of nitrogens with zero attached hydrogens (tertiary/aromatic N) is 1. The van der Waals surface area contributed by atoms with Gasteiger partial charge in [0.05, 0.1) is 6.26 Å². The van der Waals surface area contributed by atoms with Gasteiger partial charge in [-0.3, -0.25) is 0 Å². The summed E-state index contributed by atoms with van der Waals surface area (Å²) in [5.41, 5.74) is 0.674. The van der Waals surface area contributed by atoms with E-state index in [0.29, 0.717) is 18.7 Å². The minimum Gasteiger partial charge on any atom is -0.213 e. The van der Waals surface area contributed by atoms with E-state index in [1.807, 2.05) is 6.92 Å². The Morgan fingerprint density at radius 2 is 1.71 bits per heavy atom. The van der Waals surface area contributed by atoms with Gasteiger partial charge in [0.2, 0.25) is 10.0 Å². The molecule has 0 spiro atoms. The molecule has 0 N–H and O–H groups in total. The Labute approximate surface area is 125 Å². The van der Waals surface area contributed by atoms with Crippen molar-refractivity contribution in [1.29, 1.82) is 0 Å². The number of hydrogen-bond acceptors (Lipinski definition) is 2. The van der Waals surface area contributed by atoms with Crippen molar-refractivity contribution in [1.82, 2.24) is 4.31 Å². The van der Waals surface area contributed by atoms with E-state index in [4.69, 9.17) is 0 Å². The van der Waals surface area contributed by atoms with Crippen LogP contribution in [0.3, 0.4) is 0 Å². The molecule has 0 unspecified atom stereocenters. The van der Waals surface area contributed by atoms with Gasteiger partial charge in [0.15, 0.2) is 0 Å². The van der Waals surface area contributed by atoms with Crippen LogP contribution in [-0.4, -0.2) is 32.1 Å². The summed E-state index contributed by atoms with van der Waals surface area (Å²) in [4.78, 5) is 0. The smallest absolute Gasteiger partial charge is 0.211 e. The molecule has 1 saturated heterocycles. The van der Waals surface area contributed by atoms with Gasteiger partial charge in [-0.15, -0.1) is 0 Å². The molecule has 2 rings (SSSR count). The molecule has 21 heavy (non-hydrogen) atoms. The summed E-state index contributed by atoms with van der Waals surface area (Å²) in [6, 6.07) is 3.66. The summed E-state index contributed by atoms with van der Waals surface area (Å²) in [7, 11) is -3.15. The van der Waals surface area contributed by atoms with Gasteiger partial charge in [-0.2, -0.15) is 0 Å². The molecule has 0 bridgehead atoms. The number of hydrogen-bond donors (Lipinski definition) is 0. The Balaban J connectivity index is 2.13. The van der Waals surface area contributed by atoms with Gasteiger partial charge in [0.25, 0.3) is 0 Å². The fraction of sp³-hybridized carbons (Fsp3) is 0.600. The lowest BCUT2D eigenvalue weighted by atomic mass is 9.79. The number of benzene rings is 1. The summed E-state index contributed by atoms with van der Waals surface area (Å²) in [6.07, 6.45) is 3.45. The largest absolute Gasteiger partial charge is 0.213 e. The Morgan fingerprint density at radius 1 is 1.19 bits per heavy atom. The lowest BCUT2D eigenvalue weighted by Crippen LogP contribution is -2.39. The van der Waals surface area contributed by atoms with Gasteiger partial charge < -0.3 is 0 Å². The van der Waals surface area contributed by atoms with Crippen LogP contribution in [0.5, 0.6) is 0 Å². The molecule has 3 nitrogen and oxygen atoms in total. The van der Waals surface area contributed by atoms with E-state index < -0.39 is 21.7 Å². The molecule has 1 atom stereocenters. The lowest BCUT2D eigenvalue weighted by molar-refractivity contribution is 0.241. The molecule has 6 heteroatoms. The molecule has 1 aromatic rings. The van der Waals surface area contributed by atoms with Crippen LogP contribution in [0.4, 0.5) is 8.78 Å². The van der Waals surface area contributed by atoms with Crippen LogP contribution in [0, 0.1) is 17.6 Å². The van der Waals surface area contributed by atoms with Gasteiger partial charge in [-0.25, -0.2) is 21.5 Å². The van der Waals surface area contributed by atoms with Crippen molar-refractivity contribution in [3.05, 3.63) is 35.4 Å². The zero-order valence-corrected chi connectivity index (χ0v) is 13.2. The van der Waals surface area contributed by atoms with Crippen molar-refractivity contribution < 1.29 is 17.2 Å². The monoisotopic (exact) mass is 317 g/mol. The van der Waals surface area contributed by atoms with Crippen molar-refractivity contribution in [2.24, 2.45) is 5.92 Å². The maximum atomic E-state index is 13.4. The second-order valence-corrected chi connectivity index (χ2v) is 7.70. The summed E-state index contributed by atoms with van der Waals surface area (Å²) >= 11 is 0. The molecule has 0 saturated carbocycles. The topological polar surface area (TPSA) is 37.4 Å². The fourth-order valence-electron chi connectivity index (χ4n) is 3.24. The molecule has 1 aromatic carbocycles. The molecule has 0 radical (unpaired) electrons. The highest BCUT2D eigenvalue weighted by Gasteiger charge is 2.30. The molecule has 1 aliphatic rings. The van der Waals surface area contributed by atoms with Crippen molar-refractivity contribution in [3.63, 3.8) is 0 Å². The van der Waals surface area contributed by atoms with Gasteiger partial charge in [-0.1, -0.05) is 6.92 Å². The van der Waals surface area contributed by atoms with Crippen molar-refractivity contribution in [3.8, 4) is 0 Å². The van der Waals surface area contributed by atoms with E-state index in [1.54, 1.807) is 0 Å². The summed E-state index contributed by atoms with van der Waals surface area (Å²) in [5.74, 6) is -0.792. The highest BCUT2D eigenvalue weighted by Crippen LogP contribution is 2.36. The number of halogens is 2. The first kappa shape index (κ1) is 16.4. The van der Waals surface area contributed by atoms with Crippen LogP contribution in [-0.2, 0) is 10.0 Å². The van der Waals surface area contributed by atoms with Crippen LogP contribution in [0.1, 0.15) is 37.7 Å². The average molecular weight is 317 g/mol. The summed E-state index contributed by atoms with van der Waals surface area (Å²) in [6.45, 7) is 2.96. The first-order chi connectivity index (χ1) is 9.81. The Morgan fingerprint density at radius 3 is 2.14 bits per heavy atom. The van der Waals surface area contributed by atoms with Crippen molar-refractivity contribution in [2.75, 3.05) is 19.3 Å². The standard InChI is InChI=1S/C15H21F2NO2S/c1-3-15(12-8-13(16)10-14(17)9-12)11-4-6-18(7-5-11)21(2,19)20/h8-11,15H,3-7H2,1-2H3/t15-/m1/s1. The predicted octanol–water partition coefficient (Wildman–Crippen LogP) is 3.13. The van der Waals surface area contributed by atoms with Crippen molar-refractivity contribution in [2.45, 2.75) is 32.1 Å². The van der Waals surface area contributed by atoms with Crippen LogP contribution in [0.2, 0.25) is 0 Å². The maximum absolute atomic E-state index is 13.4. The minimum absolute atomic E-state index is 0.0666. The van der Waals surface area contributed by atoms with Gasteiger partial charge in [0.1, 0.15) is 11.6 Å². The molecule has 0 aliphatic carbocycles. The molecule has 0 aromatic heterocycles. The summed E-state index contributed by atoms with van der Waals surface area (Å²) in [5, 5.41) is 0.